The monoisotopic (exact) mass is 533 g/mol. The van der Waals surface area contributed by atoms with Crippen LogP contribution in [0.5, 0.6) is 11.5 Å². The van der Waals surface area contributed by atoms with Gasteiger partial charge in [0.15, 0.2) is 0 Å². The molecule has 2 atom stereocenters. The largest absolute Gasteiger partial charge is 0.457 e. The third-order valence-corrected chi connectivity index (χ3v) is 6.60. The number of carbonyl (C=O) groups excluding carboxylic acids is 2. The third kappa shape index (κ3) is 6.36. The highest BCUT2D eigenvalue weighted by atomic mass is 35.5. The van der Waals surface area contributed by atoms with Gasteiger partial charge >= 0.3 is 0 Å². The van der Waals surface area contributed by atoms with Gasteiger partial charge in [-0.05, 0) is 85.0 Å². The van der Waals surface area contributed by atoms with Crippen molar-refractivity contribution in [1.29, 1.82) is 0 Å². The minimum atomic E-state index is -0.634. The van der Waals surface area contributed by atoms with E-state index in [9.17, 15) is 14.0 Å². The van der Waals surface area contributed by atoms with Crippen LogP contribution in [0.4, 0.5) is 10.1 Å². The number of carbonyl (C=O) groups is 2. The maximum absolute atomic E-state index is 13.4. The lowest BCUT2D eigenvalue weighted by Gasteiger charge is -2.24. The number of halogens is 2. The van der Waals surface area contributed by atoms with Crippen molar-refractivity contribution in [2.75, 3.05) is 11.9 Å². The molecule has 0 radical (unpaired) electrons. The molecule has 1 aliphatic rings. The summed E-state index contributed by atoms with van der Waals surface area (Å²) in [5, 5.41) is 11.2. The molecule has 1 fully saturated rings. The van der Waals surface area contributed by atoms with Crippen molar-refractivity contribution in [3.05, 3.63) is 102 Å². The van der Waals surface area contributed by atoms with E-state index in [2.05, 4.69) is 15.6 Å². The lowest BCUT2D eigenvalue weighted by Crippen LogP contribution is -2.44. The predicted octanol–water partition coefficient (Wildman–Crippen LogP) is 4.96. The minimum Gasteiger partial charge on any atom is -0.457 e. The van der Waals surface area contributed by atoms with Gasteiger partial charge in [0.25, 0.3) is 0 Å². The molecule has 0 bridgehead atoms. The Morgan fingerprint density at radius 3 is 2.47 bits per heavy atom. The first-order valence-electron chi connectivity index (χ1n) is 12.2. The molecule has 38 heavy (non-hydrogen) atoms. The average molecular weight is 534 g/mol. The topological polar surface area (TPSA) is 89.4 Å². The Morgan fingerprint density at radius 2 is 1.79 bits per heavy atom. The summed E-state index contributed by atoms with van der Waals surface area (Å²) in [5.74, 6) is 0.328. The summed E-state index contributed by atoms with van der Waals surface area (Å²) >= 11 is 6.15. The summed E-state index contributed by atoms with van der Waals surface area (Å²) in [7, 11) is 0. The third-order valence-electron chi connectivity index (χ3n) is 6.36. The second-order valence-corrected chi connectivity index (χ2v) is 9.60. The first-order chi connectivity index (χ1) is 18.4. The van der Waals surface area contributed by atoms with Crippen molar-refractivity contribution >= 4 is 29.1 Å². The summed E-state index contributed by atoms with van der Waals surface area (Å²) in [5.41, 5.74) is 1.63. The molecule has 1 saturated heterocycles. The Hall–Kier alpha value is -4.24. The fraction of sp³-hybridized carbons (Fsp3) is 0.214. The van der Waals surface area contributed by atoms with Gasteiger partial charge in [0.1, 0.15) is 29.9 Å². The van der Waals surface area contributed by atoms with Crippen molar-refractivity contribution in [3.8, 4) is 11.5 Å². The van der Waals surface area contributed by atoms with Gasteiger partial charge in [-0.2, -0.15) is 0 Å². The Bertz CT molecular complexity index is 1400. The van der Waals surface area contributed by atoms with E-state index in [0.717, 1.165) is 5.56 Å². The van der Waals surface area contributed by atoms with E-state index in [0.29, 0.717) is 41.6 Å². The van der Waals surface area contributed by atoms with Crippen LogP contribution in [0.1, 0.15) is 12.0 Å². The number of likely N-dealkylation sites (tertiary alicyclic amines) is 1. The van der Waals surface area contributed by atoms with Gasteiger partial charge in [-0.1, -0.05) is 28.9 Å². The standard InChI is InChI=1S/C28H25ClFN5O3/c29-21-3-1-2-19(15-21)14-20-16-26(35(17-20)27(36)18-34-13-12-31-33-34)28(37)32-23-6-10-25(11-7-23)38-24-8-4-22(30)5-9-24/h1-13,15,20,26H,14,16-18H2,(H,32,37)/t20-,26+/m1/s1. The number of hydrogen-bond donors (Lipinski definition) is 1. The first kappa shape index (κ1) is 25.4. The van der Waals surface area contributed by atoms with Gasteiger partial charge in [0, 0.05) is 23.5 Å². The van der Waals surface area contributed by atoms with E-state index < -0.39 is 6.04 Å². The number of amides is 2. The van der Waals surface area contributed by atoms with Gasteiger partial charge in [-0.25, -0.2) is 9.07 Å². The number of hydrogen-bond acceptors (Lipinski definition) is 5. The van der Waals surface area contributed by atoms with E-state index in [1.54, 1.807) is 35.4 Å². The van der Waals surface area contributed by atoms with Crippen LogP contribution in [0.25, 0.3) is 0 Å². The van der Waals surface area contributed by atoms with Crippen LogP contribution in [0.3, 0.4) is 0 Å². The summed E-state index contributed by atoms with van der Waals surface area (Å²) in [4.78, 5) is 28.2. The van der Waals surface area contributed by atoms with Crippen LogP contribution in [-0.4, -0.2) is 44.3 Å². The normalized spacial score (nSPS) is 16.8. The van der Waals surface area contributed by atoms with Crippen LogP contribution in [0.15, 0.2) is 85.2 Å². The van der Waals surface area contributed by atoms with Gasteiger partial charge in [-0.15, -0.1) is 5.10 Å². The van der Waals surface area contributed by atoms with Crippen LogP contribution < -0.4 is 10.1 Å². The average Bonchev–Trinajstić information content (AvgIpc) is 3.57. The van der Waals surface area contributed by atoms with Gasteiger partial charge < -0.3 is 15.0 Å². The number of anilines is 1. The summed E-state index contributed by atoms with van der Waals surface area (Å²) in [6.07, 6.45) is 4.34. The SMILES string of the molecule is O=C(Nc1ccc(Oc2ccc(F)cc2)cc1)[C@@H]1C[C@@H](Cc2cccc(Cl)c2)CN1C(=O)Cn1ccnn1. The molecule has 4 aromatic rings. The predicted molar refractivity (Wildman–Crippen MR) is 140 cm³/mol. The number of aromatic nitrogens is 3. The van der Waals surface area contributed by atoms with E-state index >= 15 is 0 Å². The Balaban J connectivity index is 1.27. The highest BCUT2D eigenvalue weighted by Gasteiger charge is 2.39. The van der Waals surface area contributed by atoms with Gasteiger partial charge in [-0.3, -0.25) is 9.59 Å². The summed E-state index contributed by atoms with van der Waals surface area (Å²) in [6, 6.07) is 19.6. The van der Waals surface area contributed by atoms with Crippen molar-refractivity contribution in [2.24, 2.45) is 5.92 Å². The zero-order valence-electron chi connectivity index (χ0n) is 20.3. The zero-order chi connectivity index (χ0) is 26.5. The van der Waals surface area contributed by atoms with Crippen LogP contribution in [0.2, 0.25) is 5.02 Å². The summed E-state index contributed by atoms with van der Waals surface area (Å²) < 4.78 is 20.3. The molecule has 10 heteroatoms. The number of rotatable bonds is 8. The van der Waals surface area contributed by atoms with Gasteiger partial charge in [0.05, 0.1) is 6.20 Å². The molecule has 194 valence electrons. The Kier molecular flexibility index (Phi) is 7.65. The number of ether oxygens (including phenoxy) is 1. The zero-order valence-corrected chi connectivity index (χ0v) is 21.1. The number of benzene rings is 3. The highest BCUT2D eigenvalue weighted by molar-refractivity contribution is 6.30. The second kappa shape index (κ2) is 11.4. The van der Waals surface area contributed by atoms with Crippen molar-refractivity contribution in [3.63, 3.8) is 0 Å². The molecule has 3 aromatic carbocycles. The molecule has 0 aliphatic carbocycles. The second-order valence-electron chi connectivity index (χ2n) is 9.17. The molecule has 1 N–H and O–H groups in total. The molecule has 0 unspecified atom stereocenters. The molecular weight excluding hydrogens is 509 g/mol. The molecular formula is C28H25ClFN5O3. The van der Waals surface area contributed by atoms with Crippen molar-refractivity contribution in [2.45, 2.75) is 25.4 Å². The number of nitrogens with one attached hydrogen (secondary N) is 1. The molecule has 5 rings (SSSR count). The van der Waals surface area contributed by atoms with E-state index in [1.165, 1.54) is 35.1 Å². The molecule has 2 amide bonds. The lowest BCUT2D eigenvalue weighted by atomic mass is 9.96. The Labute approximate surface area is 224 Å². The summed E-state index contributed by atoms with van der Waals surface area (Å²) in [6.45, 7) is 0.450. The van der Waals surface area contributed by atoms with E-state index in [1.807, 2.05) is 24.3 Å². The smallest absolute Gasteiger partial charge is 0.247 e. The van der Waals surface area contributed by atoms with E-state index in [-0.39, 0.29) is 30.1 Å². The fourth-order valence-corrected chi connectivity index (χ4v) is 4.82. The molecule has 8 nitrogen and oxygen atoms in total. The van der Waals surface area contributed by atoms with Gasteiger partial charge in [0.2, 0.25) is 11.8 Å². The molecule has 0 saturated carbocycles. The van der Waals surface area contributed by atoms with Crippen molar-refractivity contribution < 1.29 is 18.7 Å². The number of nitrogens with zero attached hydrogens (tertiary/aromatic N) is 4. The molecule has 1 aromatic heterocycles. The fourth-order valence-electron chi connectivity index (χ4n) is 4.61. The maximum Gasteiger partial charge on any atom is 0.247 e. The van der Waals surface area contributed by atoms with Crippen LogP contribution in [0, 0.1) is 11.7 Å². The quantitative estimate of drug-likeness (QED) is 0.346. The van der Waals surface area contributed by atoms with E-state index in [4.69, 9.17) is 16.3 Å². The molecule has 1 aliphatic heterocycles. The minimum absolute atomic E-state index is 0.00306. The first-order valence-corrected chi connectivity index (χ1v) is 12.5. The van der Waals surface area contributed by atoms with Crippen LogP contribution >= 0.6 is 11.6 Å². The highest BCUT2D eigenvalue weighted by Crippen LogP contribution is 2.29. The van der Waals surface area contributed by atoms with Crippen molar-refractivity contribution in [1.82, 2.24) is 19.9 Å². The molecule has 0 spiro atoms. The lowest BCUT2D eigenvalue weighted by molar-refractivity contribution is -0.137. The molecule has 2 heterocycles. The Morgan fingerprint density at radius 1 is 1.05 bits per heavy atom. The maximum atomic E-state index is 13.4. The van der Waals surface area contributed by atoms with Crippen LogP contribution in [-0.2, 0) is 22.6 Å².